The van der Waals surface area contributed by atoms with Crippen LogP contribution < -0.4 is 5.32 Å². The van der Waals surface area contributed by atoms with Gasteiger partial charge in [-0.25, -0.2) is 4.79 Å². The number of hydrogen-bond acceptors (Lipinski definition) is 3. The molecular formula is C14H19N3O3. The van der Waals surface area contributed by atoms with Crippen molar-refractivity contribution in [1.29, 1.82) is 0 Å². The van der Waals surface area contributed by atoms with Crippen molar-refractivity contribution in [3.05, 3.63) is 33.9 Å². The molecule has 0 radical (unpaired) electrons. The van der Waals surface area contributed by atoms with Gasteiger partial charge in [0, 0.05) is 30.9 Å². The van der Waals surface area contributed by atoms with Gasteiger partial charge in [0.1, 0.15) is 0 Å². The van der Waals surface area contributed by atoms with Crippen LogP contribution in [0.25, 0.3) is 0 Å². The summed E-state index contributed by atoms with van der Waals surface area (Å²) in [5.74, 6) is 0.521. The first-order chi connectivity index (χ1) is 9.47. The number of likely N-dealkylation sites (tertiary alicyclic amines) is 1. The fraction of sp³-hybridized carbons (Fsp3) is 0.500. The van der Waals surface area contributed by atoms with E-state index in [4.69, 9.17) is 0 Å². The van der Waals surface area contributed by atoms with E-state index < -0.39 is 4.92 Å². The van der Waals surface area contributed by atoms with Crippen LogP contribution >= 0.6 is 0 Å². The number of hydrogen-bond donors (Lipinski definition) is 1. The Morgan fingerprint density at radius 3 is 2.85 bits per heavy atom. The first kappa shape index (κ1) is 14.3. The zero-order chi connectivity index (χ0) is 14.7. The Morgan fingerprint density at radius 1 is 1.50 bits per heavy atom. The molecule has 1 unspecified atom stereocenters. The van der Waals surface area contributed by atoms with Crippen LogP contribution in [0, 0.1) is 23.0 Å². The molecule has 1 saturated heterocycles. The summed E-state index contributed by atoms with van der Waals surface area (Å²) in [6.45, 7) is 5.41. The fourth-order valence-corrected chi connectivity index (χ4v) is 2.47. The molecule has 20 heavy (non-hydrogen) atoms. The third-order valence-corrected chi connectivity index (χ3v) is 3.61. The maximum atomic E-state index is 12.2. The predicted octanol–water partition coefficient (Wildman–Crippen LogP) is 3.17. The number of piperidine rings is 1. The number of amides is 2. The summed E-state index contributed by atoms with van der Waals surface area (Å²) in [5.41, 5.74) is 1.35. The Morgan fingerprint density at radius 2 is 2.25 bits per heavy atom. The average Bonchev–Trinajstić information content (AvgIpc) is 2.40. The monoisotopic (exact) mass is 277 g/mol. The van der Waals surface area contributed by atoms with Crippen molar-refractivity contribution in [1.82, 2.24) is 4.90 Å². The third-order valence-electron chi connectivity index (χ3n) is 3.61. The molecular weight excluding hydrogens is 258 g/mol. The van der Waals surface area contributed by atoms with Gasteiger partial charge >= 0.3 is 6.03 Å². The molecule has 1 N–H and O–H groups in total. The van der Waals surface area contributed by atoms with Crippen molar-refractivity contribution in [2.24, 2.45) is 5.92 Å². The molecule has 1 fully saturated rings. The smallest absolute Gasteiger partial charge is 0.321 e. The van der Waals surface area contributed by atoms with Crippen LogP contribution in [-0.2, 0) is 0 Å². The summed E-state index contributed by atoms with van der Waals surface area (Å²) in [6.07, 6.45) is 2.17. The van der Waals surface area contributed by atoms with E-state index in [1.165, 1.54) is 12.1 Å². The summed E-state index contributed by atoms with van der Waals surface area (Å²) in [6, 6.07) is 4.32. The minimum Gasteiger partial charge on any atom is -0.324 e. The lowest BCUT2D eigenvalue weighted by Gasteiger charge is -2.31. The van der Waals surface area contributed by atoms with E-state index in [2.05, 4.69) is 12.2 Å². The van der Waals surface area contributed by atoms with Crippen molar-refractivity contribution in [2.75, 3.05) is 18.4 Å². The lowest BCUT2D eigenvalue weighted by molar-refractivity contribution is -0.384. The van der Waals surface area contributed by atoms with Crippen LogP contribution in [-0.4, -0.2) is 28.9 Å². The molecule has 0 aliphatic carbocycles. The van der Waals surface area contributed by atoms with Gasteiger partial charge in [-0.2, -0.15) is 0 Å². The van der Waals surface area contributed by atoms with E-state index in [-0.39, 0.29) is 11.7 Å². The number of nitro groups is 1. The highest BCUT2D eigenvalue weighted by atomic mass is 16.6. The number of nitro benzene ring substituents is 1. The third kappa shape index (κ3) is 3.26. The normalized spacial score (nSPS) is 18.7. The van der Waals surface area contributed by atoms with E-state index in [9.17, 15) is 14.9 Å². The molecule has 0 bridgehead atoms. The van der Waals surface area contributed by atoms with Gasteiger partial charge < -0.3 is 10.2 Å². The van der Waals surface area contributed by atoms with Gasteiger partial charge in [-0.3, -0.25) is 10.1 Å². The van der Waals surface area contributed by atoms with Crippen LogP contribution in [0.15, 0.2) is 18.2 Å². The molecule has 6 nitrogen and oxygen atoms in total. The van der Waals surface area contributed by atoms with E-state index in [0.717, 1.165) is 25.9 Å². The van der Waals surface area contributed by atoms with Crippen LogP contribution in [0.1, 0.15) is 25.3 Å². The number of benzene rings is 1. The number of nitrogens with one attached hydrogen (secondary N) is 1. The molecule has 1 aromatic rings. The molecule has 2 amide bonds. The molecule has 2 rings (SSSR count). The molecule has 0 spiro atoms. The Bertz CT molecular complexity index is 530. The summed E-state index contributed by atoms with van der Waals surface area (Å²) in [7, 11) is 0. The molecule has 1 heterocycles. The second-order valence-electron chi connectivity index (χ2n) is 5.38. The number of anilines is 1. The molecule has 0 saturated carbocycles. The summed E-state index contributed by atoms with van der Waals surface area (Å²) in [4.78, 5) is 24.2. The van der Waals surface area contributed by atoms with E-state index in [0.29, 0.717) is 17.2 Å². The van der Waals surface area contributed by atoms with E-state index in [1.54, 1.807) is 17.9 Å². The summed E-state index contributed by atoms with van der Waals surface area (Å²) in [5, 5.41) is 13.5. The number of carbonyl (C=O) groups is 1. The maximum absolute atomic E-state index is 12.2. The second kappa shape index (κ2) is 5.90. The molecule has 1 aliphatic heterocycles. The van der Waals surface area contributed by atoms with Crippen LogP contribution in [0.5, 0.6) is 0 Å². The molecule has 1 aliphatic rings. The minimum absolute atomic E-state index is 0.0343. The van der Waals surface area contributed by atoms with E-state index in [1.807, 2.05) is 0 Å². The molecule has 1 aromatic carbocycles. The highest BCUT2D eigenvalue weighted by Crippen LogP contribution is 2.22. The second-order valence-corrected chi connectivity index (χ2v) is 5.38. The Balaban J connectivity index is 2.06. The van der Waals surface area contributed by atoms with Crippen LogP contribution in [0.4, 0.5) is 16.2 Å². The van der Waals surface area contributed by atoms with Gasteiger partial charge in [-0.15, -0.1) is 0 Å². The van der Waals surface area contributed by atoms with Crippen LogP contribution in [0.3, 0.4) is 0 Å². The summed E-state index contributed by atoms with van der Waals surface area (Å²) >= 11 is 0. The van der Waals surface area contributed by atoms with Crippen molar-refractivity contribution in [3.63, 3.8) is 0 Å². The quantitative estimate of drug-likeness (QED) is 0.666. The van der Waals surface area contributed by atoms with Gasteiger partial charge in [-0.05, 0) is 37.3 Å². The number of urea groups is 1. The highest BCUT2D eigenvalue weighted by Gasteiger charge is 2.21. The Hall–Kier alpha value is -2.11. The largest absolute Gasteiger partial charge is 0.324 e. The molecule has 0 aromatic heterocycles. The lowest BCUT2D eigenvalue weighted by atomic mass is 10.0. The van der Waals surface area contributed by atoms with Gasteiger partial charge in [0.15, 0.2) is 0 Å². The molecule has 1 atom stereocenters. The van der Waals surface area contributed by atoms with Gasteiger partial charge in [0.05, 0.1) is 4.92 Å². The Kier molecular flexibility index (Phi) is 4.22. The van der Waals surface area contributed by atoms with E-state index >= 15 is 0 Å². The first-order valence-electron chi connectivity index (χ1n) is 6.78. The van der Waals surface area contributed by atoms with Crippen molar-refractivity contribution in [3.8, 4) is 0 Å². The minimum atomic E-state index is -0.440. The molecule has 108 valence electrons. The maximum Gasteiger partial charge on any atom is 0.321 e. The van der Waals surface area contributed by atoms with Gasteiger partial charge in [0.25, 0.3) is 5.69 Å². The van der Waals surface area contributed by atoms with Crippen molar-refractivity contribution >= 4 is 17.4 Å². The zero-order valence-corrected chi connectivity index (χ0v) is 11.8. The number of non-ortho nitro benzene ring substituents is 1. The van der Waals surface area contributed by atoms with Crippen LogP contribution in [0.2, 0.25) is 0 Å². The number of carbonyl (C=O) groups excluding carboxylic acids is 1. The molecule has 6 heteroatoms. The summed E-state index contributed by atoms with van der Waals surface area (Å²) < 4.78 is 0. The van der Waals surface area contributed by atoms with Gasteiger partial charge in [0.2, 0.25) is 0 Å². The predicted molar refractivity (Wildman–Crippen MR) is 76.8 cm³/mol. The zero-order valence-electron chi connectivity index (χ0n) is 11.8. The average molecular weight is 277 g/mol. The van der Waals surface area contributed by atoms with Crippen molar-refractivity contribution in [2.45, 2.75) is 26.7 Å². The first-order valence-corrected chi connectivity index (χ1v) is 6.78. The topological polar surface area (TPSA) is 75.5 Å². The lowest BCUT2D eigenvalue weighted by Crippen LogP contribution is -2.41. The standard InChI is InChI=1S/C14H19N3O3/c1-10-4-3-7-16(9-10)14(18)15-13-6-5-12(17(19)20)8-11(13)2/h5-6,8,10H,3-4,7,9H2,1-2H3,(H,15,18). The highest BCUT2D eigenvalue weighted by molar-refractivity contribution is 5.90. The fourth-order valence-electron chi connectivity index (χ4n) is 2.47. The van der Waals surface area contributed by atoms with Gasteiger partial charge in [-0.1, -0.05) is 6.92 Å². The SMILES string of the molecule is Cc1cc([N+](=O)[O-])ccc1NC(=O)N1CCCC(C)C1. The Labute approximate surface area is 117 Å². The van der Waals surface area contributed by atoms with Crippen molar-refractivity contribution < 1.29 is 9.72 Å². The number of nitrogens with zero attached hydrogens (tertiary/aromatic N) is 2. The number of rotatable bonds is 2. The number of aryl methyl sites for hydroxylation is 1.